The number of piperidine rings is 3. The highest BCUT2D eigenvalue weighted by atomic mass is 16.6. The number of hydrogen-bond donors (Lipinski definition) is 2. The summed E-state index contributed by atoms with van der Waals surface area (Å²) in [5.74, 6) is 1.47. The second-order valence-electron chi connectivity index (χ2n) is 7.90. The molecule has 0 amide bonds. The van der Waals surface area contributed by atoms with Crippen LogP contribution in [0.1, 0.15) is 30.6 Å². The van der Waals surface area contributed by atoms with Gasteiger partial charge in [0.15, 0.2) is 6.29 Å². The van der Waals surface area contributed by atoms with E-state index in [1.165, 1.54) is 22.2 Å². The van der Waals surface area contributed by atoms with Gasteiger partial charge in [0.2, 0.25) is 0 Å². The maximum absolute atomic E-state index is 10.5. The molecule has 8 atom stereocenters. The monoisotopic (exact) mass is 310 g/mol. The zero-order chi connectivity index (χ0) is 15.3. The van der Waals surface area contributed by atoms with E-state index in [0.29, 0.717) is 30.0 Å². The average molecular weight is 310 g/mol. The smallest absolute Gasteiger partial charge is 0.159 e. The Morgan fingerprint density at radius 3 is 3.04 bits per heavy atom. The summed E-state index contributed by atoms with van der Waals surface area (Å²) in [5, 5.41) is 11.9. The first kappa shape index (κ1) is 13.0. The Hall–Kier alpha value is -1.36. The van der Waals surface area contributed by atoms with Crippen LogP contribution < -0.4 is 0 Å². The third-order valence-corrected chi connectivity index (χ3v) is 7.20. The molecular weight excluding hydrogens is 288 g/mol. The minimum Gasteiger partial charge on any atom is -0.368 e. The highest BCUT2D eigenvalue weighted by Crippen LogP contribution is 2.58. The van der Waals surface area contributed by atoms with Crippen molar-refractivity contribution in [3.8, 4) is 0 Å². The number of aliphatic hydroxyl groups excluding tert-OH is 1. The van der Waals surface area contributed by atoms with E-state index in [2.05, 4.69) is 41.1 Å². The van der Waals surface area contributed by atoms with Crippen molar-refractivity contribution in [1.29, 1.82) is 0 Å². The molecule has 120 valence electrons. The number of hydrogen-bond acceptors (Lipinski definition) is 3. The van der Waals surface area contributed by atoms with Crippen molar-refractivity contribution in [2.45, 2.75) is 44.2 Å². The first-order chi connectivity index (χ1) is 11.2. The molecule has 0 saturated carbocycles. The molecule has 7 rings (SSSR count). The molecule has 4 heteroatoms. The van der Waals surface area contributed by atoms with E-state index in [9.17, 15) is 5.11 Å². The van der Waals surface area contributed by atoms with Crippen LogP contribution in [0.3, 0.4) is 0 Å². The lowest BCUT2D eigenvalue weighted by atomic mass is 9.58. The Labute approximate surface area is 135 Å². The van der Waals surface area contributed by atoms with E-state index in [1.807, 2.05) is 0 Å². The van der Waals surface area contributed by atoms with E-state index in [1.54, 1.807) is 0 Å². The van der Waals surface area contributed by atoms with Gasteiger partial charge in [-0.05, 0) is 37.3 Å². The highest BCUT2D eigenvalue weighted by molar-refractivity contribution is 5.85. The molecule has 0 radical (unpaired) electrons. The van der Waals surface area contributed by atoms with Crippen LogP contribution in [0.5, 0.6) is 0 Å². The van der Waals surface area contributed by atoms with E-state index in [0.717, 1.165) is 19.4 Å². The predicted molar refractivity (Wildman–Crippen MR) is 86.9 cm³/mol. The third kappa shape index (κ3) is 1.44. The van der Waals surface area contributed by atoms with Crippen LogP contribution in [-0.2, 0) is 11.2 Å². The molecule has 5 aliphatic heterocycles. The number of aromatic amines is 1. The van der Waals surface area contributed by atoms with Crippen molar-refractivity contribution in [3.05, 3.63) is 35.5 Å². The van der Waals surface area contributed by atoms with Crippen LogP contribution in [0, 0.1) is 17.8 Å². The van der Waals surface area contributed by atoms with E-state index in [4.69, 9.17) is 4.74 Å². The Morgan fingerprint density at radius 1 is 1.26 bits per heavy atom. The molecule has 0 aliphatic carbocycles. The van der Waals surface area contributed by atoms with Gasteiger partial charge in [-0.3, -0.25) is 4.90 Å². The highest BCUT2D eigenvalue weighted by Gasteiger charge is 2.61. The van der Waals surface area contributed by atoms with Crippen molar-refractivity contribution < 1.29 is 9.84 Å². The average Bonchev–Trinajstić information content (AvgIpc) is 2.93. The lowest BCUT2D eigenvalue weighted by Crippen LogP contribution is -2.71. The lowest BCUT2D eigenvalue weighted by molar-refractivity contribution is -0.280. The summed E-state index contributed by atoms with van der Waals surface area (Å²) in [6, 6.07) is 10.1. The predicted octanol–water partition coefficient (Wildman–Crippen LogP) is 2.44. The molecule has 4 nitrogen and oxygen atoms in total. The molecule has 6 bridgehead atoms. The Kier molecular flexibility index (Phi) is 2.36. The molecule has 5 aliphatic rings. The van der Waals surface area contributed by atoms with Gasteiger partial charge in [-0.2, -0.15) is 0 Å². The van der Waals surface area contributed by atoms with Crippen molar-refractivity contribution in [2.75, 3.05) is 6.61 Å². The van der Waals surface area contributed by atoms with E-state index >= 15 is 0 Å². The maximum atomic E-state index is 10.5. The number of aromatic nitrogens is 1. The molecule has 4 fully saturated rings. The van der Waals surface area contributed by atoms with Gasteiger partial charge >= 0.3 is 0 Å². The van der Waals surface area contributed by atoms with E-state index in [-0.39, 0.29) is 5.92 Å². The van der Waals surface area contributed by atoms with Gasteiger partial charge in [-0.15, -0.1) is 0 Å². The summed E-state index contributed by atoms with van der Waals surface area (Å²) in [4.78, 5) is 6.43. The number of ether oxygens (including phenoxy) is 1. The zero-order valence-corrected chi connectivity index (χ0v) is 13.3. The van der Waals surface area contributed by atoms with Crippen LogP contribution >= 0.6 is 0 Å². The molecule has 1 aromatic heterocycles. The fourth-order valence-corrected chi connectivity index (χ4v) is 6.30. The second kappa shape index (κ2) is 4.18. The van der Waals surface area contributed by atoms with Crippen LogP contribution in [0.2, 0.25) is 0 Å². The fraction of sp³-hybridized carbons (Fsp3) is 0.579. The number of fused-ring (bicyclic) bond motifs is 3. The molecule has 1 aromatic carbocycles. The lowest BCUT2D eigenvalue weighted by Gasteiger charge is -2.65. The number of H-pyrrole nitrogens is 1. The maximum Gasteiger partial charge on any atom is 0.159 e. The van der Waals surface area contributed by atoms with Crippen molar-refractivity contribution >= 4 is 10.9 Å². The summed E-state index contributed by atoms with van der Waals surface area (Å²) >= 11 is 0. The summed E-state index contributed by atoms with van der Waals surface area (Å²) in [6.07, 6.45) is 1.62. The van der Waals surface area contributed by atoms with Crippen molar-refractivity contribution in [1.82, 2.24) is 9.88 Å². The topological polar surface area (TPSA) is 48.5 Å². The minimum atomic E-state index is -0.580. The molecule has 23 heavy (non-hydrogen) atoms. The van der Waals surface area contributed by atoms with E-state index < -0.39 is 6.29 Å². The summed E-state index contributed by atoms with van der Waals surface area (Å²) in [7, 11) is 0. The van der Waals surface area contributed by atoms with Gasteiger partial charge in [-0.25, -0.2) is 0 Å². The molecular formula is C19H22N2O2. The summed E-state index contributed by atoms with van der Waals surface area (Å²) in [6.45, 7) is 3.08. The number of benzene rings is 1. The number of rotatable bonds is 0. The molecule has 2 aromatic rings. The number of aliphatic hydroxyl groups is 1. The van der Waals surface area contributed by atoms with Gasteiger partial charge in [0, 0.05) is 40.5 Å². The van der Waals surface area contributed by atoms with Gasteiger partial charge < -0.3 is 14.8 Å². The van der Waals surface area contributed by atoms with Gasteiger partial charge in [0.05, 0.1) is 12.6 Å². The normalized spacial score (nSPS) is 46.9. The summed E-state index contributed by atoms with van der Waals surface area (Å²) < 4.78 is 5.74. The minimum absolute atomic E-state index is 0.281. The molecule has 0 spiro atoms. The first-order valence-electron chi connectivity index (χ1n) is 8.90. The van der Waals surface area contributed by atoms with Gasteiger partial charge in [0.25, 0.3) is 0 Å². The second-order valence-corrected chi connectivity index (χ2v) is 7.90. The van der Waals surface area contributed by atoms with Crippen LogP contribution in [-0.4, -0.2) is 40.0 Å². The molecule has 2 N–H and O–H groups in total. The quantitative estimate of drug-likeness (QED) is 0.786. The Morgan fingerprint density at radius 2 is 2.13 bits per heavy atom. The largest absolute Gasteiger partial charge is 0.368 e. The fourth-order valence-electron chi connectivity index (χ4n) is 6.30. The number of para-hydroxylation sites is 1. The molecule has 8 unspecified atom stereocenters. The molecule has 6 heterocycles. The van der Waals surface area contributed by atoms with Crippen LogP contribution in [0.4, 0.5) is 0 Å². The van der Waals surface area contributed by atoms with Crippen LogP contribution in [0.25, 0.3) is 10.9 Å². The van der Waals surface area contributed by atoms with Crippen LogP contribution in [0.15, 0.2) is 24.3 Å². The summed E-state index contributed by atoms with van der Waals surface area (Å²) in [5.41, 5.74) is 4.18. The van der Waals surface area contributed by atoms with Crippen molar-refractivity contribution in [2.24, 2.45) is 17.8 Å². The van der Waals surface area contributed by atoms with Gasteiger partial charge in [0.1, 0.15) is 0 Å². The zero-order valence-electron chi connectivity index (χ0n) is 13.3. The SMILES string of the molecule is CC1C2COC(O)C3C2CC2c4[nH]c5ccccc5c4CC3N21. The standard InChI is InChI=1S/C19H22N2O2/c1-9-13-8-23-19(22)17-11(13)6-16-18-12(7-15(17)21(9)16)10-4-2-3-5-14(10)20-18/h2-5,9,11,13,15-17,19-20,22H,6-8H2,1H3. The Bertz CT molecular complexity index is 800. The van der Waals surface area contributed by atoms with Gasteiger partial charge in [-0.1, -0.05) is 18.2 Å². The van der Waals surface area contributed by atoms with Crippen molar-refractivity contribution in [3.63, 3.8) is 0 Å². The molecule has 4 saturated heterocycles. The Balaban J connectivity index is 1.56. The number of nitrogens with one attached hydrogen (secondary N) is 1. The third-order valence-electron chi connectivity index (χ3n) is 7.20. The first-order valence-corrected chi connectivity index (χ1v) is 8.90. The number of nitrogens with zero attached hydrogens (tertiary/aromatic N) is 1.